The Hall–Kier alpha value is -3.02. The normalized spacial score (nSPS) is 15.0. The van der Waals surface area contributed by atoms with E-state index in [1.54, 1.807) is 6.08 Å². The monoisotopic (exact) mass is 449 g/mol. The van der Waals surface area contributed by atoms with Gasteiger partial charge in [-0.3, -0.25) is 14.5 Å². The molecule has 0 unspecified atom stereocenters. The molecule has 1 saturated heterocycles. The third-order valence-corrected chi connectivity index (χ3v) is 6.14. The van der Waals surface area contributed by atoms with E-state index in [4.69, 9.17) is 16.3 Å². The number of carbonyl (C=O) groups is 2. The number of ether oxygens (including phenoxy) is 1. The first-order valence-corrected chi connectivity index (χ1v) is 11.0. The fourth-order valence-electron chi connectivity index (χ4n) is 3.10. The van der Waals surface area contributed by atoms with Crippen molar-refractivity contribution in [2.75, 3.05) is 0 Å². The van der Waals surface area contributed by atoms with Crippen molar-refractivity contribution in [1.29, 1.82) is 0 Å². The molecule has 0 bridgehead atoms. The molecule has 6 heteroatoms. The van der Waals surface area contributed by atoms with Crippen molar-refractivity contribution in [3.63, 3.8) is 0 Å². The second-order valence-corrected chi connectivity index (χ2v) is 8.60. The van der Waals surface area contributed by atoms with Crippen LogP contribution in [0.3, 0.4) is 0 Å². The molecular formula is C25H20ClNO3S. The Balaban J connectivity index is 1.41. The largest absolute Gasteiger partial charge is 0.489 e. The Bertz CT molecular complexity index is 1140. The van der Waals surface area contributed by atoms with Crippen LogP contribution in [0.1, 0.15) is 22.3 Å². The maximum atomic E-state index is 12.7. The van der Waals surface area contributed by atoms with Gasteiger partial charge in [0, 0.05) is 10.6 Å². The summed E-state index contributed by atoms with van der Waals surface area (Å²) in [4.78, 5) is 26.8. The molecule has 4 nitrogen and oxygen atoms in total. The fourth-order valence-corrected chi connectivity index (χ4v) is 4.13. The molecule has 1 aliphatic rings. The number of hydrogen-bond acceptors (Lipinski definition) is 4. The van der Waals surface area contributed by atoms with Crippen LogP contribution >= 0.6 is 23.4 Å². The van der Waals surface area contributed by atoms with Crippen molar-refractivity contribution in [2.24, 2.45) is 0 Å². The number of benzene rings is 3. The van der Waals surface area contributed by atoms with E-state index in [-0.39, 0.29) is 17.7 Å². The smallest absolute Gasteiger partial charge is 0.293 e. The molecule has 0 saturated carbocycles. The van der Waals surface area contributed by atoms with E-state index in [0.717, 1.165) is 34.0 Å². The fraction of sp³-hybridized carbons (Fsp3) is 0.120. The summed E-state index contributed by atoms with van der Waals surface area (Å²) in [6, 6.07) is 22.7. The number of amides is 2. The zero-order valence-corrected chi connectivity index (χ0v) is 18.5. The van der Waals surface area contributed by atoms with Crippen LogP contribution in [0.4, 0.5) is 4.79 Å². The lowest BCUT2D eigenvalue weighted by Gasteiger charge is -2.12. The predicted octanol–water partition coefficient (Wildman–Crippen LogP) is 6.46. The molecule has 0 atom stereocenters. The van der Waals surface area contributed by atoms with Crippen LogP contribution in [0.2, 0.25) is 5.02 Å². The number of halogens is 1. The molecule has 0 aliphatic carbocycles. The van der Waals surface area contributed by atoms with Crippen molar-refractivity contribution < 1.29 is 14.3 Å². The van der Waals surface area contributed by atoms with Gasteiger partial charge < -0.3 is 4.74 Å². The van der Waals surface area contributed by atoms with Crippen LogP contribution in [0.5, 0.6) is 5.75 Å². The lowest BCUT2D eigenvalue weighted by Crippen LogP contribution is -2.27. The number of imide groups is 1. The quantitative estimate of drug-likeness (QED) is 0.405. The highest BCUT2D eigenvalue weighted by atomic mass is 35.5. The summed E-state index contributed by atoms with van der Waals surface area (Å²) >= 11 is 7.12. The number of hydrogen-bond donors (Lipinski definition) is 0. The Kier molecular flexibility index (Phi) is 6.44. The third-order valence-electron chi connectivity index (χ3n) is 4.86. The van der Waals surface area contributed by atoms with Crippen LogP contribution in [0.15, 0.2) is 77.7 Å². The summed E-state index contributed by atoms with van der Waals surface area (Å²) in [5.41, 5.74) is 3.80. The maximum absolute atomic E-state index is 12.7. The van der Waals surface area contributed by atoms with Gasteiger partial charge in [0.2, 0.25) is 0 Å². The molecule has 3 aromatic carbocycles. The Morgan fingerprint density at radius 3 is 2.39 bits per heavy atom. The summed E-state index contributed by atoms with van der Waals surface area (Å²) in [5.74, 6) is 0.430. The van der Waals surface area contributed by atoms with E-state index in [9.17, 15) is 9.59 Å². The molecule has 1 heterocycles. The molecule has 31 heavy (non-hydrogen) atoms. The highest BCUT2D eigenvalue weighted by Crippen LogP contribution is 2.33. The summed E-state index contributed by atoms with van der Waals surface area (Å²) in [6.45, 7) is 2.65. The van der Waals surface area contributed by atoms with Gasteiger partial charge >= 0.3 is 0 Å². The van der Waals surface area contributed by atoms with Crippen molar-refractivity contribution in [3.8, 4) is 5.75 Å². The predicted molar refractivity (Wildman–Crippen MR) is 125 cm³/mol. The average molecular weight is 450 g/mol. The van der Waals surface area contributed by atoms with E-state index in [1.807, 2.05) is 79.7 Å². The van der Waals surface area contributed by atoms with E-state index in [1.165, 1.54) is 4.90 Å². The van der Waals surface area contributed by atoms with E-state index in [2.05, 4.69) is 0 Å². The minimum absolute atomic E-state index is 0.253. The van der Waals surface area contributed by atoms with Crippen molar-refractivity contribution in [1.82, 2.24) is 4.90 Å². The highest BCUT2D eigenvalue weighted by molar-refractivity contribution is 8.18. The second kappa shape index (κ2) is 9.41. The van der Waals surface area contributed by atoms with Gasteiger partial charge in [0.05, 0.1) is 11.4 Å². The minimum atomic E-state index is -0.269. The van der Waals surface area contributed by atoms with E-state index < -0.39 is 0 Å². The molecule has 156 valence electrons. The number of carbonyl (C=O) groups excluding carboxylic acids is 2. The second-order valence-electron chi connectivity index (χ2n) is 7.20. The van der Waals surface area contributed by atoms with Crippen molar-refractivity contribution >= 4 is 40.6 Å². The SMILES string of the molecule is Cc1ccc(CN2C(=O)S/C(=C\c3ccc(OCc4ccccc4Cl)cc3)C2=O)cc1. The number of rotatable bonds is 6. The topological polar surface area (TPSA) is 46.6 Å². The first-order valence-electron chi connectivity index (χ1n) is 9.77. The number of nitrogens with zero attached hydrogens (tertiary/aromatic N) is 1. The Morgan fingerprint density at radius 1 is 0.968 bits per heavy atom. The lowest BCUT2D eigenvalue weighted by molar-refractivity contribution is -0.123. The standard InChI is InChI=1S/C25H20ClNO3S/c1-17-6-8-19(9-7-17)15-27-24(28)23(31-25(27)29)14-18-10-12-21(13-11-18)30-16-20-4-2-3-5-22(20)26/h2-14H,15-16H2,1H3/b23-14-. The summed E-state index contributed by atoms with van der Waals surface area (Å²) in [6.07, 6.45) is 1.73. The lowest BCUT2D eigenvalue weighted by atomic mass is 10.1. The van der Waals surface area contributed by atoms with E-state index >= 15 is 0 Å². The van der Waals surface area contributed by atoms with Crippen LogP contribution < -0.4 is 4.74 Å². The zero-order chi connectivity index (χ0) is 21.8. The third kappa shape index (κ3) is 5.19. The van der Waals surface area contributed by atoms with Gasteiger partial charge in [-0.1, -0.05) is 71.8 Å². The first kappa shape index (κ1) is 21.2. The molecule has 1 aliphatic heterocycles. The summed E-state index contributed by atoms with van der Waals surface area (Å²) < 4.78 is 5.79. The van der Waals surface area contributed by atoms with Gasteiger partial charge in [-0.15, -0.1) is 0 Å². The molecule has 0 N–H and O–H groups in total. The van der Waals surface area contributed by atoms with Gasteiger partial charge in [-0.2, -0.15) is 0 Å². The Labute approximate surface area is 190 Å². The molecule has 4 rings (SSSR count). The first-order chi connectivity index (χ1) is 15.0. The van der Waals surface area contributed by atoms with Crippen LogP contribution in [0.25, 0.3) is 6.08 Å². The molecular weight excluding hydrogens is 430 g/mol. The van der Waals surface area contributed by atoms with Crippen molar-refractivity contribution in [2.45, 2.75) is 20.1 Å². The van der Waals surface area contributed by atoms with E-state index in [0.29, 0.717) is 22.3 Å². The summed E-state index contributed by atoms with van der Waals surface area (Å²) in [5, 5.41) is 0.414. The van der Waals surface area contributed by atoms with Gasteiger partial charge in [0.15, 0.2) is 0 Å². The van der Waals surface area contributed by atoms with Gasteiger partial charge in [-0.05, 0) is 54.1 Å². The van der Waals surface area contributed by atoms with Gasteiger partial charge in [0.25, 0.3) is 11.1 Å². The molecule has 3 aromatic rings. The molecule has 0 aromatic heterocycles. The zero-order valence-electron chi connectivity index (χ0n) is 16.9. The number of thioether (sulfide) groups is 1. The average Bonchev–Trinajstić information content (AvgIpc) is 3.03. The minimum Gasteiger partial charge on any atom is -0.489 e. The van der Waals surface area contributed by atoms with Gasteiger partial charge in [0.1, 0.15) is 12.4 Å². The van der Waals surface area contributed by atoms with Crippen LogP contribution in [-0.4, -0.2) is 16.0 Å². The van der Waals surface area contributed by atoms with Crippen LogP contribution in [-0.2, 0) is 17.9 Å². The maximum Gasteiger partial charge on any atom is 0.293 e. The highest BCUT2D eigenvalue weighted by Gasteiger charge is 2.34. The van der Waals surface area contributed by atoms with Crippen LogP contribution in [0, 0.1) is 6.92 Å². The molecule has 2 amide bonds. The molecule has 0 spiro atoms. The molecule has 1 fully saturated rings. The molecule has 0 radical (unpaired) electrons. The number of aryl methyl sites for hydroxylation is 1. The van der Waals surface area contributed by atoms with Crippen molar-refractivity contribution in [3.05, 3.63) is 105 Å². The Morgan fingerprint density at radius 2 is 1.68 bits per heavy atom. The van der Waals surface area contributed by atoms with Gasteiger partial charge in [-0.25, -0.2) is 0 Å². The summed E-state index contributed by atoms with van der Waals surface area (Å²) in [7, 11) is 0.